The molecule has 4 aromatic rings. The molecule has 0 radical (unpaired) electrons. The summed E-state index contributed by atoms with van der Waals surface area (Å²) in [6.45, 7) is 0.819. The highest BCUT2D eigenvalue weighted by atomic mass is 32.2. The largest absolute Gasteiger partial charge is 0.497 e. The highest BCUT2D eigenvalue weighted by molar-refractivity contribution is 7.92. The van der Waals surface area contributed by atoms with Crippen molar-refractivity contribution < 1.29 is 31.1 Å². The number of para-hydroxylation sites is 1. The summed E-state index contributed by atoms with van der Waals surface area (Å²) in [5, 5.41) is 2.76. The summed E-state index contributed by atoms with van der Waals surface area (Å²) < 4.78 is 67.9. The van der Waals surface area contributed by atoms with Crippen LogP contribution in [0.3, 0.4) is 0 Å². The molecule has 1 aliphatic rings. The third kappa shape index (κ3) is 6.42. The lowest BCUT2D eigenvalue weighted by Crippen LogP contribution is -2.32. The van der Waals surface area contributed by atoms with E-state index in [1.54, 1.807) is 42.5 Å². The summed E-state index contributed by atoms with van der Waals surface area (Å²) in [6, 6.07) is 25.7. The third-order valence-electron chi connectivity index (χ3n) is 7.36. The second-order valence-electron chi connectivity index (χ2n) is 10.1. The molecule has 0 unspecified atom stereocenters. The van der Waals surface area contributed by atoms with Crippen LogP contribution in [0.2, 0.25) is 0 Å². The molecule has 0 aromatic heterocycles. The zero-order valence-electron chi connectivity index (χ0n) is 24.3. The van der Waals surface area contributed by atoms with E-state index in [-0.39, 0.29) is 39.0 Å². The Kier molecular flexibility index (Phi) is 9.23. The first-order chi connectivity index (χ1) is 21.1. The summed E-state index contributed by atoms with van der Waals surface area (Å²) in [5.41, 5.74) is 1.06. The maximum Gasteiger partial charge on any atom is 0.264 e. The molecule has 0 atom stereocenters. The smallest absolute Gasteiger partial charge is 0.264 e. The summed E-state index contributed by atoms with van der Waals surface area (Å²) in [4.78, 5) is 13.9. The molecule has 4 aromatic carbocycles. The van der Waals surface area contributed by atoms with Gasteiger partial charge < -0.3 is 14.8 Å². The number of methoxy groups -OCH3 is 2. The van der Waals surface area contributed by atoms with Gasteiger partial charge in [0.25, 0.3) is 15.9 Å². The molecule has 5 rings (SSSR count). The Hall–Kier alpha value is -4.39. The quantitative estimate of drug-likeness (QED) is 0.242. The van der Waals surface area contributed by atoms with Crippen molar-refractivity contribution in [3.8, 4) is 11.5 Å². The molecule has 1 N–H and O–H groups in total. The van der Waals surface area contributed by atoms with E-state index in [4.69, 9.17) is 9.47 Å². The molecular formula is C32H33N3O7S2. The fourth-order valence-electron chi connectivity index (χ4n) is 5.02. The van der Waals surface area contributed by atoms with E-state index in [1.807, 2.05) is 18.2 Å². The first kappa shape index (κ1) is 31.0. The maximum atomic E-state index is 14.1. The molecule has 1 amide bonds. The minimum atomic E-state index is -4.17. The van der Waals surface area contributed by atoms with Crippen molar-refractivity contribution in [2.75, 3.05) is 36.9 Å². The van der Waals surface area contributed by atoms with Crippen molar-refractivity contribution in [3.05, 3.63) is 108 Å². The van der Waals surface area contributed by atoms with Crippen molar-refractivity contribution in [3.63, 3.8) is 0 Å². The molecule has 0 bridgehead atoms. The Morgan fingerprint density at radius 3 is 2.09 bits per heavy atom. The van der Waals surface area contributed by atoms with Gasteiger partial charge in [-0.15, -0.1) is 0 Å². The molecule has 1 heterocycles. The second kappa shape index (κ2) is 13.1. The van der Waals surface area contributed by atoms with Crippen LogP contribution < -0.4 is 19.1 Å². The Balaban J connectivity index is 1.54. The minimum Gasteiger partial charge on any atom is -0.497 e. The van der Waals surface area contributed by atoms with E-state index in [1.165, 1.54) is 59.2 Å². The number of amides is 1. The molecule has 1 fully saturated rings. The Morgan fingerprint density at radius 2 is 1.43 bits per heavy atom. The monoisotopic (exact) mass is 635 g/mol. The topological polar surface area (TPSA) is 122 Å². The van der Waals surface area contributed by atoms with Crippen LogP contribution in [0, 0.1) is 0 Å². The second-order valence-corrected chi connectivity index (χ2v) is 13.9. The fraction of sp³-hybridized carbons (Fsp3) is 0.219. The van der Waals surface area contributed by atoms with E-state index in [9.17, 15) is 21.6 Å². The van der Waals surface area contributed by atoms with E-state index in [2.05, 4.69) is 5.32 Å². The minimum absolute atomic E-state index is 0.0194. The SMILES string of the molecule is COc1ccc(S(=O)(=O)N(Cc2ccccc2)c2ccccc2C(=O)Nc2cc(S(=O)(=O)N3CCCC3)ccc2OC)cc1. The van der Waals surface area contributed by atoms with Crippen LogP contribution in [0.1, 0.15) is 28.8 Å². The predicted molar refractivity (Wildman–Crippen MR) is 168 cm³/mol. The molecule has 0 saturated carbocycles. The van der Waals surface area contributed by atoms with E-state index < -0.39 is 26.0 Å². The summed E-state index contributed by atoms with van der Waals surface area (Å²) in [7, 11) is -5.03. The lowest BCUT2D eigenvalue weighted by Gasteiger charge is -2.27. The zero-order chi connectivity index (χ0) is 31.3. The maximum absolute atomic E-state index is 14.1. The first-order valence-corrected chi connectivity index (χ1v) is 16.8. The number of hydrogen-bond donors (Lipinski definition) is 1. The number of benzene rings is 4. The van der Waals surface area contributed by atoms with Crippen LogP contribution in [-0.2, 0) is 26.6 Å². The van der Waals surface area contributed by atoms with Gasteiger partial charge in [0, 0.05) is 13.1 Å². The molecule has 0 spiro atoms. The lowest BCUT2D eigenvalue weighted by atomic mass is 10.1. The van der Waals surface area contributed by atoms with Crippen LogP contribution in [0.5, 0.6) is 11.5 Å². The number of ether oxygens (including phenoxy) is 2. The van der Waals surface area contributed by atoms with Crippen molar-refractivity contribution in [2.24, 2.45) is 0 Å². The first-order valence-electron chi connectivity index (χ1n) is 13.9. The Bertz CT molecular complexity index is 1840. The van der Waals surface area contributed by atoms with Crippen LogP contribution >= 0.6 is 0 Å². The van der Waals surface area contributed by atoms with Gasteiger partial charge in [-0.05, 0) is 73.0 Å². The molecular weight excluding hydrogens is 603 g/mol. The molecule has 1 saturated heterocycles. The van der Waals surface area contributed by atoms with Gasteiger partial charge in [-0.25, -0.2) is 16.8 Å². The number of anilines is 2. The molecule has 12 heteroatoms. The number of sulfonamides is 2. The number of carbonyl (C=O) groups is 1. The summed E-state index contributed by atoms with van der Waals surface area (Å²) in [6.07, 6.45) is 1.57. The van der Waals surface area contributed by atoms with E-state index in [0.717, 1.165) is 12.8 Å². The van der Waals surface area contributed by atoms with Crippen LogP contribution in [0.25, 0.3) is 0 Å². The molecule has 1 aliphatic heterocycles. The van der Waals surface area contributed by atoms with E-state index in [0.29, 0.717) is 24.4 Å². The summed E-state index contributed by atoms with van der Waals surface area (Å²) >= 11 is 0. The number of carbonyl (C=O) groups excluding carboxylic acids is 1. The number of nitrogens with one attached hydrogen (secondary N) is 1. The van der Waals surface area contributed by atoms with Gasteiger partial charge in [0.15, 0.2) is 0 Å². The van der Waals surface area contributed by atoms with Crippen molar-refractivity contribution in [2.45, 2.75) is 29.2 Å². The average molecular weight is 636 g/mol. The van der Waals surface area contributed by atoms with Crippen molar-refractivity contribution in [1.29, 1.82) is 0 Å². The van der Waals surface area contributed by atoms with Crippen LogP contribution in [-0.4, -0.2) is 54.4 Å². The number of hydrogen-bond acceptors (Lipinski definition) is 7. The molecule has 44 heavy (non-hydrogen) atoms. The standard InChI is InChI=1S/C32H33N3O7S2/c1-41-25-14-16-26(17-15-25)44(39,40)35(23-24-10-4-3-5-11-24)30-13-7-6-12-28(30)32(36)33-29-22-27(18-19-31(29)42-2)43(37,38)34-20-8-9-21-34/h3-7,10-19,22H,8-9,20-21,23H2,1-2H3,(H,33,36). The van der Waals surface area contributed by atoms with E-state index >= 15 is 0 Å². The Morgan fingerprint density at radius 1 is 0.795 bits per heavy atom. The van der Waals surface area contributed by atoms with Gasteiger partial charge in [-0.1, -0.05) is 42.5 Å². The van der Waals surface area contributed by atoms with Gasteiger partial charge in [0.2, 0.25) is 10.0 Å². The fourth-order valence-corrected chi connectivity index (χ4v) is 8.03. The van der Waals surface area contributed by atoms with Crippen molar-refractivity contribution >= 4 is 37.3 Å². The highest BCUT2D eigenvalue weighted by Gasteiger charge is 2.30. The number of rotatable bonds is 11. The Labute approximate surface area is 257 Å². The molecule has 10 nitrogen and oxygen atoms in total. The molecule has 230 valence electrons. The van der Waals surface area contributed by atoms with Crippen LogP contribution in [0.4, 0.5) is 11.4 Å². The normalized spacial score (nSPS) is 13.8. The molecule has 0 aliphatic carbocycles. The van der Waals surface area contributed by atoms with Gasteiger partial charge in [-0.2, -0.15) is 4.31 Å². The van der Waals surface area contributed by atoms with Crippen molar-refractivity contribution in [1.82, 2.24) is 4.31 Å². The number of nitrogens with zero attached hydrogens (tertiary/aromatic N) is 2. The summed E-state index contributed by atoms with van der Waals surface area (Å²) in [5.74, 6) is 0.113. The zero-order valence-corrected chi connectivity index (χ0v) is 26.0. The predicted octanol–water partition coefficient (Wildman–Crippen LogP) is 5.14. The lowest BCUT2D eigenvalue weighted by molar-refractivity contribution is 0.102. The van der Waals surface area contributed by atoms with Crippen LogP contribution in [0.15, 0.2) is 107 Å². The van der Waals surface area contributed by atoms with Gasteiger partial charge in [0.1, 0.15) is 11.5 Å². The van der Waals surface area contributed by atoms with Gasteiger partial charge in [-0.3, -0.25) is 9.10 Å². The van der Waals surface area contributed by atoms with Gasteiger partial charge >= 0.3 is 0 Å². The highest BCUT2D eigenvalue weighted by Crippen LogP contribution is 2.33. The van der Waals surface area contributed by atoms with Gasteiger partial charge in [0.05, 0.1) is 47.5 Å². The third-order valence-corrected chi connectivity index (χ3v) is 11.0. The average Bonchev–Trinajstić information content (AvgIpc) is 3.60.